The Morgan fingerprint density at radius 1 is 1.25 bits per heavy atom. The normalized spacial score (nSPS) is 19.1. The fourth-order valence-corrected chi connectivity index (χ4v) is 4.30. The van der Waals surface area contributed by atoms with E-state index in [1.165, 1.54) is 11.3 Å². The van der Waals surface area contributed by atoms with Crippen molar-refractivity contribution >= 4 is 33.0 Å². The number of carbonyl (C=O) groups is 1. The molecule has 2 aromatic rings. The highest BCUT2D eigenvalue weighted by molar-refractivity contribution is 7.91. The van der Waals surface area contributed by atoms with Crippen molar-refractivity contribution in [1.29, 1.82) is 0 Å². The van der Waals surface area contributed by atoms with Gasteiger partial charge in [0.25, 0.3) is 0 Å². The van der Waals surface area contributed by atoms with Crippen LogP contribution in [0.5, 0.6) is 0 Å². The van der Waals surface area contributed by atoms with Crippen molar-refractivity contribution in [2.75, 3.05) is 5.75 Å². The molecule has 1 aliphatic heterocycles. The predicted molar refractivity (Wildman–Crippen MR) is 75.1 cm³/mol. The minimum absolute atomic E-state index is 0.0854. The standard InChI is InChI=1S/C14H9FO3S2/c15-11-1-2-13-12(6-11)14(16)10(8-20(13,17)18)5-9-3-4-19-7-9/h1-7H,8H2/b10-5-. The molecule has 0 aliphatic carbocycles. The molecule has 20 heavy (non-hydrogen) atoms. The number of hydrogen-bond donors (Lipinski definition) is 0. The van der Waals surface area contributed by atoms with E-state index >= 15 is 0 Å². The number of halogens is 1. The van der Waals surface area contributed by atoms with Crippen molar-refractivity contribution in [3.63, 3.8) is 0 Å². The molecule has 0 spiro atoms. The average Bonchev–Trinajstić information content (AvgIpc) is 2.88. The van der Waals surface area contributed by atoms with Crippen LogP contribution >= 0.6 is 11.3 Å². The lowest BCUT2D eigenvalue weighted by Crippen LogP contribution is -2.24. The number of benzene rings is 1. The lowest BCUT2D eigenvalue weighted by Gasteiger charge is -2.17. The molecule has 0 atom stereocenters. The molecule has 0 unspecified atom stereocenters. The van der Waals surface area contributed by atoms with Crippen LogP contribution in [0, 0.1) is 5.82 Å². The maximum atomic E-state index is 13.3. The molecule has 0 radical (unpaired) electrons. The number of sulfone groups is 1. The van der Waals surface area contributed by atoms with E-state index in [0.717, 1.165) is 23.8 Å². The molecule has 1 aromatic heterocycles. The first kappa shape index (κ1) is 13.2. The molecule has 2 heterocycles. The Morgan fingerprint density at radius 3 is 2.75 bits per heavy atom. The first-order valence-corrected chi connectivity index (χ1v) is 8.37. The van der Waals surface area contributed by atoms with Crippen LogP contribution in [0.4, 0.5) is 4.39 Å². The Hall–Kier alpha value is -1.79. The third-order valence-electron chi connectivity index (χ3n) is 3.04. The Kier molecular flexibility index (Phi) is 3.07. The second-order valence-electron chi connectivity index (χ2n) is 4.45. The summed E-state index contributed by atoms with van der Waals surface area (Å²) in [5.41, 5.74) is 0.854. The summed E-state index contributed by atoms with van der Waals surface area (Å²) in [6.45, 7) is 0. The van der Waals surface area contributed by atoms with Gasteiger partial charge in [0, 0.05) is 11.1 Å². The maximum absolute atomic E-state index is 13.3. The van der Waals surface area contributed by atoms with Crippen LogP contribution in [0.2, 0.25) is 0 Å². The summed E-state index contributed by atoms with van der Waals surface area (Å²) in [4.78, 5) is 12.2. The van der Waals surface area contributed by atoms with E-state index < -0.39 is 21.4 Å². The van der Waals surface area contributed by atoms with E-state index in [2.05, 4.69) is 0 Å². The molecule has 0 bridgehead atoms. The summed E-state index contributed by atoms with van der Waals surface area (Å²) < 4.78 is 37.6. The van der Waals surface area contributed by atoms with Crippen LogP contribution in [-0.4, -0.2) is 20.0 Å². The zero-order valence-electron chi connectivity index (χ0n) is 10.2. The molecule has 3 rings (SSSR count). The number of rotatable bonds is 1. The van der Waals surface area contributed by atoms with Crippen LogP contribution < -0.4 is 0 Å². The van der Waals surface area contributed by atoms with Gasteiger partial charge in [-0.25, -0.2) is 12.8 Å². The second kappa shape index (κ2) is 4.64. The first-order chi connectivity index (χ1) is 9.47. The number of Topliss-reactive ketones (excluding diaryl/α,β-unsaturated/α-hetero) is 1. The molecule has 0 saturated carbocycles. The molecular formula is C14H9FO3S2. The number of ketones is 1. The van der Waals surface area contributed by atoms with Crippen LogP contribution in [0.3, 0.4) is 0 Å². The van der Waals surface area contributed by atoms with Crippen LogP contribution in [0.1, 0.15) is 15.9 Å². The monoisotopic (exact) mass is 308 g/mol. The van der Waals surface area contributed by atoms with Gasteiger partial charge >= 0.3 is 0 Å². The maximum Gasteiger partial charge on any atom is 0.191 e. The van der Waals surface area contributed by atoms with Crippen molar-refractivity contribution in [2.24, 2.45) is 0 Å². The summed E-state index contributed by atoms with van der Waals surface area (Å²) in [7, 11) is -3.60. The van der Waals surface area contributed by atoms with E-state index in [1.54, 1.807) is 12.1 Å². The van der Waals surface area contributed by atoms with Crippen molar-refractivity contribution in [2.45, 2.75) is 4.90 Å². The first-order valence-electron chi connectivity index (χ1n) is 5.77. The van der Waals surface area contributed by atoms with E-state index in [9.17, 15) is 17.6 Å². The lowest BCUT2D eigenvalue weighted by molar-refractivity contribution is 0.103. The van der Waals surface area contributed by atoms with E-state index in [4.69, 9.17) is 0 Å². The SMILES string of the molecule is O=C1/C(=C\c2ccsc2)CS(=O)(=O)c2ccc(F)cc21. The number of carbonyl (C=O) groups excluding carboxylic acids is 1. The summed E-state index contributed by atoms with van der Waals surface area (Å²) in [6.07, 6.45) is 1.55. The number of fused-ring (bicyclic) bond motifs is 1. The fourth-order valence-electron chi connectivity index (χ4n) is 2.14. The quantitative estimate of drug-likeness (QED) is 0.601. The highest BCUT2D eigenvalue weighted by Gasteiger charge is 2.32. The van der Waals surface area contributed by atoms with Gasteiger partial charge in [-0.05, 0) is 46.7 Å². The third kappa shape index (κ3) is 2.21. The fraction of sp³-hybridized carbons (Fsp3) is 0.0714. The summed E-state index contributed by atoms with van der Waals surface area (Å²) in [5.74, 6) is -1.40. The highest BCUT2D eigenvalue weighted by Crippen LogP contribution is 2.29. The van der Waals surface area contributed by atoms with Gasteiger partial charge in [-0.3, -0.25) is 4.79 Å². The van der Waals surface area contributed by atoms with Crippen LogP contribution in [-0.2, 0) is 9.84 Å². The highest BCUT2D eigenvalue weighted by atomic mass is 32.2. The Labute approximate surface area is 119 Å². The van der Waals surface area contributed by atoms with Gasteiger partial charge in [-0.15, -0.1) is 0 Å². The largest absolute Gasteiger partial charge is 0.289 e. The van der Waals surface area contributed by atoms with Crippen molar-refractivity contribution in [1.82, 2.24) is 0 Å². The molecule has 0 N–H and O–H groups in total. The van der Waals surface area contributed by atoms with E-state index in [1.807, 2.05) is 10.8 Å². The minimum atomic E-state index is -3.60. The molecule has 1 aliphatic rings. The van der Waals surface area contributed by atoms with Crippen molar-refractivity contribution < 1.29 is 17.6 Å². The van der Waals surface area contributed by atoms with Gasteiger partial charge < -0.3 is 0 Å². The van der Waals surface area contributed by atoms with Gasteiger partial charge in [-0.2, -0.15) is 11.3 Å². The molecule has 102 valence electrons. The molecule has 0 fully saturated rings. The molecule has 0 amide bonds. The van der Waals surface area contributed by atoms with Crippen LogP contribution in [0.25, 0.3) is 6.08 Å². The molecule has 3 nitrogen and oxygen atoms in total. The molecule has 0 saturated heterocycles. The molecular weight excluding hydrogens is 299 g/mol. The zero-order chi connectivity index (χ0) is 14.3. The summed E-state index contributed by atoms with van der Waals surface area (Å²) in [5, 5.41) is 3.65. The Balaban J connectivity index is 2.18. The van der Waals surface area contributed by atoms with Gasteiger partial charge in [0.05, 0.1) is 10.6 Å². The molecule has 6 heteroatoms. The second-order valence-corrected chi connectivity index (χ2v) is 7.19. The van der Waals surface area contributed by atoms with Gasteiger partial charge in [-0.1, -0.05) is 0 Å². The molecule has 1 aromatic carbocycles. The summed E-state index contributed by atoms with van der Waals surface area (Å²) in [6, 6.07) is 4.98. The lowest BCUT2D eigenvalue weighted by atomic mass is 10.0. The summed E-state index contributed by atoms with van der Waals surface area (Å²) >= 11 is 1.45. The van der Waals surface area contributed by atoms with E-state index in [0.29, 0.717) is 0 Å². The zero-order valence-corrected chi connectivity index (χ0v) is 11.8. The topological polar surface area (TPSA) is 51.2 Å². The average molecular weight is 308 g/mol. The Morgan fingerprint density at radius 2 is 2.05 bits per heavy atom. The van der Waals surface area contributed by atoms with Crippen molar-refractivity contribution in [3.05, 3.63) is 57.5 Å². The Bertz CT molecular complexity index is 818. The van der Waals surface area contributed by atoms with Gasteiger partial charge in [0.15, 0.2) is 15.6 Å². The van der Waals surface area contributed by atoms with Gasteiger partial charge in [0.2, 0.25) is 0 Å². The van der Waals surface area contributed by atoms with Gasteiger partial charge in [0.1, 0.15) is 5.82 Å². The smallest absolute Gasteiger partial charge is 0.191 e. The third-order valence-corrected chi connectivity index (χ3v) is 5.46. The number of hydrogen-bond acceptors (Lipinski definition) is 4. The minimum Gasteiger partial charge on any atom is -0.289 e. The predicted octanol–water partition coefficient (Wildman–Crippen LogP) is 2.94. The number of thiophene rings is 1. The van der Waals surface area contributed by atoms with E-state index in [-0.39, 0.29) is 21.8 Å². The van der Waals surface area contributed by atoms with Crippen LogP contribution in [0.15, 0.2) is 45.5 Å². The van der Waals surface area contributed by atoms with Crippen molar-refractivity contribution in [3.8, 4) is 0 Å².